The van der Waals surface area contributed by atoms with E-state index in [1.165, 1.54) is 0 Å². The van der Waals surface area contributed by atoms with Crippen LogP contribution in [0.5, 0.6) is 5.75 Å². The minimum Gasteiger partial charge on any atom is -0.496 e. The molecule has 1 aromatic heterocycles. The normalized spacial score (nSPS) is 10.6. The SMILES string of the molecule is CCCn1ccc2c(OC)cccc2c1=O. The minimum absolute atomic E-state index is 0.0539. The molecule has 0 saturated carbocycles. The molecular formula is C13H15NO2. The number of benzene rings is 1. The second kappa shape index (κ2) is 4.39. The molecule has 0 radical (unpaired) electrons. The van der Waals surface area contributed by atoms with Gasteiger partial charge in [0, 0.05) is 18.1 Å². The van der Waals surface area contributed by atoms with Gasteiger partial charge in [0.1, 0.15) is 5.75 Å². The summed E-state index contributed by atoms with van der Waals surface area (Å²) < 4.78 is 6.97. The van der Waals surface area contributed by atoms with Gasteiger partial charge in [0.2, 0.25) is 0 Å². The highest BCUT2D eigenvalue weighted by atomic mass is 16.5. The quantitative estimate of drug-likeness (QED) is 0.790. The molecule has 3 heteroatoms. The monoisotopic (exact) mass is 217 g/mol. The molecule has 0 saturated heterocycles. The van der Waals surface area contributed by atoms with Crippen LogP contribution in [0.3, 0.4) is 0 Å². The topological polar surface area (TPSA) is 31.2 Å². The third-order valence-corrected chi connectivity index (χ3v) is 2.66. The number of hydrogen-bond donors (Lipinski definition) is 0. The lowest BCUT2D eigenvalue weighted by atomic mass is 10.1. The van der Waals surface area contributed by atoms with Crippen LogP contribution in [0.2, 0.25) is 0 Å². The smallest absolute Gasteiger partial charge is 0.258 e. The molecular weight excluding hydrogens is 202 g/mol. The van der Waals surface area contributed by atoms with Crippen molar-refractivity contribution in [2.45, 2.75) is 19.9 Å². The second-order valence-corrected chi connectivity index (χ2v) is 3.74. The van der Waals surface area contributed by atoms with E-state index in [0.29, 0.717) is 0 Å². The second-order valence-electron chi connectivity index (χ2n) is 3.74. The molecule has 1 aromatic carbocycles. The van der Waals surface area contributed by atoms with E-state index in [9.17, 15) is 4.79 Å². The van der Waals surface area contributed by atoms with E-state index in [2.05, 4.69) is 6.92 Å². The maximum Gasteiger partial charge on any atom is 0.258 e. The van der Waals surface area contributed by atoms with Crippen molar-refractivity contribution in [1.82, 2.24) is 4.57 Å². The molecule has 1 heterocycles. The van der Waals surface area contributed by atoms with Gasteiger partial charge in [-0.1, -0.05) is 13.0 Å². The van der Waals surface area contributed by atoms with E-state index < -0.39 is 0 Å². The Morgan fingerprint density at radius 3 is 2.75 bits per heavy atom. The third-order valence-electron chi connectivity index (χ3n) is 2.66. The van der Waals surface area contributed by atoms with Crippen molar-refractivity contribution in [1.29, 1.82) is 0 Å². The number of nitrogens with zero attached hydrogens (tertiary/aromatic N) is 1. The molecule has 0 aliphatic heterocycles. The summed E-state index contributed by atoms with van der Waals surface area (Å²) in [7, 11) is 1.62. The maximum absolute atomic E-state index is 12.1. The molecule has 0 unspecified atom stereocenters. The number of rotatable bonds is 3. The van der Waals surface area contributed by atoms with Crippen molar-refractivity contribution in [2.75, 3.05) is 7.11 Å². The number of pyridine rings is 1. The Balaban J connectivity index is 2.71. The fraction of sp³-hybridized carbons (Fsp3) is 0.308. The van der Waals surface area contributed by atoms with Gasteiger partial charge in [-0.2, -0.15) is 0 Å². The number of hydrogen-bond acceptors (Lipinski definition) is 2. The highest BCUT2D eigenvalue weighted by molar-refractivity contribution is 5.87. The van der Waals surface area contributed by atoms with Crippen LogP contribution >= 0.6 is 0 Å². The molecule has 16 heavy (non-hydrogen) atoms. The summed E-state index contributed by atoms with van der Waals surface area (Å²) in [5.74, 6) is 0.748. The Bertz CT molecular complexity index is 557. The molecule has 0 amide bonds. The summed E-state index contributed by atoms with van der Waals surface area (Å²) in [6.45, 7) is 2.81. The predicted molar refractivity (Wildman–Crippen MR) is 65.1 cm³/mol. The first-order valence-electron chi connectivity index (χ1n) is 5.44. The van der Waals surface area contributed by atoms with E-state index >= 15 is 0 Å². The lowest BCUT2D eigenvalue weighted by Gasteiger charge is -2.08. The predicted octanol–water partition coefficient (Wildman–Crippen LogP) is 2.42. The summed E-state index contributed by atoms with van der Waals surface area (Å²) in [5.41, 5.74) is 0.0539. The first-order chi connectivity index (χ1) is 7.77. The van der Waals surface area contributed by atoms with Crippen LogP contribution in [-0.4, -0.2) is 11.7 Å². The first-order valence-corrected chi connectivity index (χ1v) is 5.44. The molecule has 2 rings (SSSR count). The number of ether oxygens (including phenoxy) is 1. The fourth-order valence-electron chi connectivity index (χ4n) is 1.88. The van der Waals surface area contributed by atoms with E-state index in [-0.39, 0.29) is 5.56 Å². The van der Waals surface area contributed by atoms with Crippen molar-refractivity contribution >= 4 is 10.8 Å². The van der Waals surface area contributed by atoms with Crippen LogP contribution in [0.4, 0.5) is 0 Å². The average molecular weight is 217 g/mol. The molecule has 84 valence electrons. The van der Waals surface area contributed by atoms with E-state index in [1.807, 2.05) is 30.5 Å². The molecule has 3 nitrogen and oxygen atoms in total. The third kappa shape index (κ3) is 1.69. The Morgan fingerprint density at radius 1 is 1.25 bits per heavy atom. The highest BCUT2D eigenvalue weighted by Gasteiger charge is 2.05. The van der Waals surface area contributed by atoms with Crippen LogP contribution in [-0.2, 0) is 6.54 Å². The molecule has 2 aromatic rings. The van der Waals surface area contributed by atoms with Gasteiger partial charge in [-0.25, -0.2) is 0 Å². The molecule has 0 bridgehead atoms. The van der Waals surface area contributed by atoms with Crippen LogP contribution in [0.25, 0.3) is 10.8 Å². The summed E-state index contributed by atoms with van der Waals surface area (Å²) >= 11 is 0. The van der Waals surface area contributed by atoms with Crippen molar-refractivity contribution in [2.24, 2.45) is 0 Å². The van der Waals surface area contributed by atoms with Gasteiger partial charge in [-0.3, -0.25) is 4.79 Å². The van der Waals surface area contributed by atoms with Gasteiger partial charge in [0.15, 0.2) is 0 Å². The highest BCUT2D eigenvalue weighted by Crippen LogP contribution is 2.22. The lowest BCUT2D eigenvalue weighted by molar-refractivity contribution is 0.419. The molecule has 0 fully saturated rings. The molecule has 0 atom stereocenters. The Labute approximate surface area is 94.3 Å². The summed E-state index contributed by atoms with van der Waals surface area (Å²) in [6.07, 6.45) is 2.78. The Kier molecular flexibility index (Phi) is 2.95. The summed E-state index contributed by atoms with van der Waals surface area (Å²) in [6, 6.07) is 7.49. The van der Waals surface area contributed by atoms with E-state index in [4.69, 9.17) is 4.74 Å². The van der Waals surface area contributed by atoms with Crippen LogP contribution in [0, 0.1) is 0 Å². The zero-order valence-corrected chi connectivity index (χ0v) is 9.56. The van der Waals surface area contributed by atoms with Gasteiger partial charge in [0.25, 0.3) is 5.56 Å². The zero-order valence-electron chi connectivity index (χ0n) is 9.56. The standard InChI is InChI=1S/C13H15NO2/c1-3-8-14-9-7-10-11(13(14)15)5-4-6-12(10)16-2/h4-7,9H,3,8H2,1-2H3. The van der Waals surface area contributed by atoms with Crippen LogP contribution < -0.4 is 10.3 Å². The van der Waals surface area contributed by atoms with Crippen molar-refractivity contribution in [3.05, 3.63) is 40.8 Å². The van der Waals surface area contributed by atoms with Crippen molar-refractivity contribution < 1.29 is 4.74 Å². The van der Waals surface area contributed by atoms with Crippen molar-refractivity contribution in [3.63, 3.8) is 0 Å². The van der Waals surface area contributed by atoms with Gasteiger partial charge in [-0.15, -0.1) is 0 Å². The lowest BCUT2D eigenvalue weighted by Crippen LogP contribution is -2.19. The minimum atomic E-state index is 0.0539. The number of aryl methyl sites for hydroxylation is 1. The molecule has 0 aliphatic rings. The Hall–Kier alpha value is -1.77. The van der Waals surface area contributed by atoms with E-state index in [1.54, 1.807) is 11.7 Å². The van der Waals surface area contributed by atoms with Gasteiger partial charge >= 0.3 is 0 Å². The summed E-state index contributed by atoms with van der Waals surface area (Å²) in [4.78, 5) is 12.1. The Morgan fingerprint density at radius 2 is 2.06 bits per heavy atom. The molecule has 0 aliphatic carbocycles. The van der Waals surface area contributed by atoms with Gasteiger partial charge in [0.05, 0.1) is 12.5 Å². The average Bonchev–Trinajstić information content (AvgIpc) is 2.32. The van der Waals surface area contributed by atoms with Crippen molar-refractivity contribution in [3.8, 4) is 5.75 Å². The molecule has 0 N–H and O–H groups in total. The zero-order chi connectivity index (χ0) is 11.5. The van der Waals surface area contributed by atoms with Gasteiger partial charge in [-0.05, 0) is 24.6 Å². The number of methoxy groups -OCH3 is 1. The largest absolute Gasteiger partial charge is 0.496 e. The number of fused-ring (bicyclic) bond motifs is 1. The van der Waals surface area contributed by atoms with Crippen LogP contribution in [0.15, 0.2) is 35.3 Å². The maximum atomic E-state index is 12.1. The molecule has 0 spiro atoms. The van der Waals surface area contributed by atoms with Gasteiger partial charge < -0.3 is 9.30 Å². The first kappa shape index (κ1) is 10.7. The van der Waals surface area contributed by atoms with E-state index in [0.717, 1.165) is 29.5 Å². The number of aromatic nitrogens is 1. The van der Waals surface area contributed by atoms with Crippen LogP contribution in [0.1, 0.15) is 13.3 Å². The summed E-state index contributed by atoms with van der Waals surface area (Å²) in [5, 5.41) is 1.60. The fourth-order valence-corrected chi connectivity index (χ4v) is 1.88.